The van der Waals surface area contributed by atoms with Gasteiger partial charge in [0.15, 0.2) is 0 Å². The Morgan fingerprint density at radius 3 is 2.62 bits per heavy atom. The average Bonchev–Trinajstić information content (AvgIpc) is 2.53. The minimum absolute atomic E-state index is 0.634. The molecule has 1 aromatic carbocycles. The molecule has 2 aliphatic rings. The van der Waals surface area contributed by atoms with Crippen LogP contribution in [0, 0.1) is 5.92 Å². The third-order valence-electron chi connectivity index (χ3n) is 5.71. The fourth-order valence-corrected chi connectivity index (χ4v) is 4.36. The predicted octanol–water partition coefficient (Wildman–Crippen LogP) is 4.42. The van der Waals surface area contributed by atoms with Crippen LogP contribution in [0.3, 0.4) is 0 Å². The first kappa shape index (κ1) is 14.9. The number of hydrogen-bond donors (Lipinski definition) is 1. The molecule has 3 rings (SSSR count). The number of rotatable bonds is 4. The molecular weight excluding hydrogens is 256 g/mol. The molecule has 21 heavy (non-hydrogen) atoms. The standard InChI is InChI=1S/C19H30N2/c1-15(16-8-10-18(20)11-9-16)12-14-21-13-4-6-17-5-2-3-7-19(17)21/h8-11,15,17,19H,2-7,12-14,20H2,1H3/t15?,17-,19-/m1/s1. The molecule has 1 aromatic rings. The molecule has 1 aliphatic carbocycles. The zero-order valence-corrected chi connectivity index (χ0v) is 13.4. The van der Waals surface area contributed by atoms with Crippen LogP contribution in [0.2, 0.25) is 0 Å². The molecule has 0 radical (unpaired) electrons. The second-order valence-electron chi connectivity index (χ2n) is 7.15. The summed E-state index contributed by atoms with van der Waals surface area (Å²) in [6.45, 7) is 4.95. The first-order chi connectivity index (χ1) is 10.2. The van der Waals surface area contributed by atoms with Gasteiger partial charge in [-0.3, -0.25) is 0 Å². The van der Waals surface area contributed by atoms with Crippen LogP contribution in [0.25, 0.3) is 0 Å². The number of nitrogen functional groups attached to an aromatic ring is 1. The third kappa shape index (κ3) is 3.60. The first-order valence-electron chi connectivity index (χ1n) is 8.83. The SMILES string of the molecule is CC(CCN1CCC[C@H]2CCCC[C@H]21)c1ccc(N)cc1. The van der Waals surface area contributed by atoms with Crippen molar-refractivity contribution in [3.8, 4) is 0 Å². The average molecular weight is 286 g/mol. The Kier molecular flexibility index (Phi) is 4.84. The van der Waals surface area contributed by atoms with Crippen LogP contribution in [0.4, 0.5) is 5.69 Å². The fourth-order valence-electron chi connectivity index (χ4n) is 4.36. The molecule has 0 amide bonds. The molecule has 1 unspecified atom stereocenters. The normalized spacial score (nSPS) is 28.0. The fraction of sp³-hybridized carbons (Fsp3) is 0.684. The van der Waals surface area contributed by atoms with Gasteiger partial charge >= 0.3 is 0 Å². The molecule has 2 heteroatoms. The Bertz CT molecular complexity index is 437. The largest absolute Gasteiger partial charge is 0.399 e. The van der Waals surface area contributed by atoms with Gasteiger partial charge in [0.05, 0.1) is 0 Å². The smallest absolute Gasteiger partial charge is 0.0314 e. The second kappa shape index (κ2) is 6.83. The van der Waals surface area contributed by atoms with Crippen molar-refractivity contribution in [3.63, 3.8) is 0 Å². The lowest BCUT2D eigenvalue weighted by molar-refractivity contribution is 0.0588. The van der Waals surface area contributed by atoms with Gasteiger partial charge in [-0.15, -0.1) is 0 Å². The summed E-state index contributed by atoms with van der Waals surface area (Å²) in [5.74, 6) is 1.63. The number of likely N-dealkylation sites (tertiary alicyclic amines) is 1. The Balaban J connectivity index is 1.55. The second-order valence-corrected chi connectivity index (χ2v) is 7.15. The van der Waals surface area contributed by atoms with Crippen LogP contribution in [-0.2, 0) is 0 Å². The maximum atomic E-state index is 5.78. The van der Waals surface area contributed by atoms with Crippen molar-refractivity contribution in [2.75, 3.05) is 18.8 Å². The summed E-state index contributed by atoms with van der Waals surface area (Å²) in [6.07, 6.45) is 10.0. The summed E-state index contributed by atoms with van der Waals surface area (Å²) in [7, 11) is 0. The van der Waals surface area contributed by atoms with E-state index in [2.05, 4.69) is 24.0 Å². The maximum absolute atomic E-state index is 5.78. The van der Waals surface area contributed by atoms with Gasteiger partial charge in [-0.25, -0.2) is 0 Å². The van der Waals surface area contributed by atoms with Gasteiger partial charge in [-0.2, -0.15) is 0 Å². The Labute approximate surface area is 129 Å². The summed E-state index contributed by atoms with van der Waals surface area (Å²) in [6, 6.07) is 9.35. The predicted molar refractivity (Wildman–Crippen MR) is 90.4 cm³/mol. The van der Waals surface area contributed by atoms with E-state index in [4.69, 9.17) is 5.73 Å². The monoisotopic (exact) mass is 286 g/mol. The van der Waals surface area contributed by atoms with Gasteiger partial charge in [-0.05, 0) is 74.7 Å². The molecule has 0 spiro atoms. The molecule has 1 aliphatic heterocycles. The maximum Gasteiger partial charge on any atom is 0.0314 e. The molecule has 1 saturated heterocycles. The lowest BCUT2D eigenvalue weighted by Crippen LogP contribution is -2.47. The molecule has 0 aromatic heterocycles. The third-order valence-corrected chi connectivity index (χ3v) is 5.71. The van der Waals surface area contributed by atoms with Crippen LogP contribution < -0.4 is 5.73 Å². The number of hydrogen-bond acceptors (Lipinski definition) is 2. The summed E-state index contributed by atoms with van der Waals surface area (Å²) in [5.41, 5.74) is 8.08. The Hall–Kier alpha value is -1.02. The van der Waals surface area contributed by atoms with E-state index >= 15 is 0 Å². The molecule has 2 fully saturated rings. The Morgan fingerprint density at radius 2 is 1.81 bits per heavy atom. The van der Waals surface area contributed by atoms with E-state index in [1.165, 1.54) is 63.6 Å². The number of anilines is 1. The van der Waals surface area contributed by atoms with E-state index in [-0.39, 0.29) is 0 Å². The zero-order chi connectivity index (χ0) is 14.7. The van der Waals surface area contributed by atoms with Gasteiger partial charge in [0.1, 0.15) is 0 Å². The molecule has 116 valence electrons. The highest BCUT2D eigenvalue weighted by atomic mass is 15.2. The summed E-state index contributed by atoms with van der Waals surface area (Å²) < 4.78 is 0. The van der Waals surface area contributed by atoms with Crippen LogP contribution in [-0.4, -0.2) is 24.0 Å². The van der Waals surface area contributed by atoms with Crippen molar-refractivity contribution >= 4 is 5.69 Å². The van der Waals surface area contributed by atoms with Gasteiger partial charge < -0.3 is 10.6 Å². The highest BCUT2D eigenvalue weighted by Crippen LogP contribution is 2.35. The van der Waals surface area contributed by atoms with Crippen molar-refractivity contribution < 1.29 is 0 Å². The topological polar surface area (TPSA) is 29.3 Å². The van der Waals surface area contributed by atoms with Crippen LogP contribution in [0.1, 0.15) is 63.4 Å². The number of fused-ring (bicyclic) bond motifs is 1. The van der Waals surface area contributed by atoms with Crippen molar-refractivity contribution in [1.29, 1.82) is 0 Å². The van der Waals surface area contributed by atoms with E-state index in [1.54, 1.807) is 0 Å². The number of nitrogens with zero attached hydrogens (tertiary/aromatic N) is 1. The van der Waals surface area contributed by atoms with E-state index in [9.17, 15) is 0 Å². The summed E-state index contributed by atoms with van der Waals surface area (Å²) in [4.78, 5) is 2.81. The highest BCUT2D eigenvalue weighted by Gasteiger charge is 2.32. The minimum atomic E-state index is 0.634. The molecule has 2 N–H and O–H groups in total. The van der Waals surface area contributed by atoms with Crippen LogP contribution >= 0.6 is 0 Å². The molecule has 1 saturated carbocycles. The van der Waals surface area contributed by atoms with Crippen molar-refractivity contribution in [2.24, 2.45) is 5.92 Å². The quantitative estimate of drug-likeness (QED) is 0.830. The Morgan fingerprint density at radius 1 is 1.10 bits per heavy atom. The van der Waals surface area contributed by atoms with Gasteiger partial charge in [0, 0.05) is 11.7 Å². The highest BCUT2D eigenvalue weighted by molar-refractivity contribution is 5.40. The summed E-state index contributed by atoms with van der Waals surface area (Å²) >= 11 is 0. The first-order valence-corrected chi connectivity index (χ1v) is 8.83. The van der Waals surface area contributed by atoms with Crippen molar-refractivity contribution in [3.05, 3.63) is 29.8 Å². The van der Waals surface area contributed by atoms with Crippen molar-refractivity contribution in [1.82, 2.24) is 4.90 Å². The van der Waals surface area contributed by atoms with Gasteiger partial charge in [0.2, 0.25) is 0 Å². The van der Waals surface area contributed by atoms with Crippen LogP contribution in [0.5, 0.6) is 0 Å². The molecular formula is C19H30N2. The van der Waals surface area contributed by atoms with Gasteiger partial charge in [-0.1, -0.05) is 31.9 Å². The molecule has 2 nitrogen and oxygen atoms in total. The number of nitrogens with two attached hydrogens (primary N) is 1. The molecule has 3 atom stereocenters. The molecule has 1 heterocycles. The summed E-state index contributed by atoms with van der Waals surface area (Å²) in [5, 5.41) is 0. The number of benzene rings is 1. The number of piperidine rings is 1. The minimum Gasteiger partial charge on any atom is -0.399 e. The van der Waals surface area contributed by atoms with E-state index in [1.807, 2.05) is 12.1 Å². The molecule has 0 bridgehead atoms. The van der Waals surface area contributed by atoms with E-state index < -0.39 is 0 Å². The van der Waals surface area contributed by atoms with E-state index in [0.717, 1.165) is 17.6 Å². The van der Waals surface area contributed by atoms with Crippen LogP contribution in [0.15, 0.2) is 24.3 Å². The zero-order valence-electron chi connectivity index (χ0n) is 13.4. The van der Waals surface area contributed by atoms with E-state index in [0.29, 0.717) is 5.92 Å². The lowest BCUT2D eigenvalue weighted by atomic mass is 9.78. The van der Waals surface area contributed by atoms with Gasteiger partial charge in [0.25, 0.3) is 0 Å². The van der Waals surface area contributed by atoms with Crippen molar-refractivity contribution in [2.45, 2.75) is 63.8 Å². The lowest BCUT2D eigenvalue weighted by Gasteiger charge is -2.44.